The van der Waals surface area contributed by atoms with Crippen LogP contribution < -0.4 is 5.63 Å². The predicted octanol–water partition coefficient (Wildman–Crippen LogP) is 2.95. The second kappa shape index (κ2) is 4.71. The molecular weight excluding hydrogens is 240 g/mol. The van der Waals surface area contributed by atoms with Gasteiger partial charge in [0.25, 0.3) is 0 Å². The highest BCUT2D eigenvalue weighted by atomic mass is 16.4. The van der Waals surface area contributed by atoms with Gasteiger partial charge in [-0.15, -0.1) is 0 Å². The van der Waals surface area contributed by atoms with E-state index < -0.39 is 5.63 Å². The summed E-state index contributed by atoms with van der Waals surface area (Å²) in [7, 11) is 0. The first-order valence-electron chi connectivity index (χ1n) is 6.02. The van der Waals surface area contributed by atoms with Crippen molar-refractivity contribution in [1.82, 2.24) is 0 Å². The zero-order valence-electron chi connectivity index (χ0n) is 10.2. The van der Waals surface area contributed by atoms with Crippen LogP contribution in [0, 0.1) is 0 Å². The van der Waals surface area contributed by atoms with E-state index >= 15 is 0 Å². The summed E-state index contributed by atoms with van der Waals surface area (Å²) in [5.74, 6) is 0.301. The Morgan fingerprint density at radius 3 is 2.21 bits per heavy atom. The summed E-state index contributed by atoms with van der Waals surface area (Å²) in [6.45, 7) is -0.301. The second-order valence-corrected chi connectivity index (χ2v) is 4.26. The fourth-order valence-corrected chi connectivity index (χ4v) is 2.28. The normalized spacial score (nSPS) is 10.8. The van der Waals surface area contributed by atoms with Crippen LogP contribution in [0.2, 0.25) is 0 Å². The minimum Gasteiger partial charge on any atom is -0.424 e. The van der Waals surface area contributed by atoms with Crippen LogP contribution in [0.25, 0.3) is 21.9 Å². The van der Waals surface area contributed by atoms with Gasteiger partial charge in [-0.05, 0) is 11.6 Å². The lowest BCUT2D eigenvalue weighted by Crippen LogP contribution is -2.04. The van der Waals surface area contributed by atoms with E-state index in [2.05, 4.69) is 0 Å². The Hall–Kier alpha value is -2.39. The number of aliphatic hydroxyl groups excluding tert-OH is 1. The summed E-state index contributed by atoms with van der Waals surface area (Å²) in [5.41, 5.74) is 1.28. The molecule has 0 saturated carbocycles. The van der Waals surface area contributed by atoms with Gasteiger partial charge in [-0.25, -0.2) is 4.79 Å². The molecule has 2 aromatic carbocycles. The highest BCUT2D eigenvalue weighted by molar-refractivity contribution is 5.96. The fourth-order valence-electron chi connectivity index (χ4n) is 2.28. The van der Waals surface area contributed by atoms with E-state index in [0.29, 0.717) is 11.1 Å². The molecule has 0 spiro atoms. The third kappa shape index (κ3) is 1.94. The molecule has 0 saturated heterocycles. The van der Waals surface area contributed by atoms with Crippen molar-refractivity contribution in [2.24, 2.45) is 0 Å². The van der Waals surface area contributed by atoms with Crippen molar-refractivity contribution in [2.75, 3.05) is 0 Å². The summed E-state index contributed by atoms with van der Waals surface area (Å²) < 4.78 is 5.22. The van der Waals surface area contributed by atoms with Gasteiger partial charge in [-0.3, -0.25) is 0 Å². The number of rotatable bonds is 2. The van der Waals surface area contributed by atoms with Crippen LogP contribution >= 0.6 is 0 Å². The Labute approximate surface area is 109 Å². The van der Waals surface area contributed by atoms with Crippen LogP contribution in [0.5, 0.6) is 0 Å². The first-order valence-corrected chi connectivity index (χ1v) is 6.02. The minimum absolute atomic E-state index is 0.301. The molecule has 1 aromatic heterocycles. The van der Waals surface area contributed by atoms with E-state index in [1.807, 2.05) is 42.5 Å². The molecule has 0 unspecified atom stereocenters. The molecule has 0 aliphatic carbocycles. The number of hydrogen-bond donors (Lipinski definition) is 1. The third-order valence-corrected chi connectivity index (χ3v) is 3.12. The number of hydrogen-bond acceptors (Lipinski definition) is 3. The molecule has 3 nitrogen and oxygen atoms in total. The van der Waals surface area contributed by atoms with Gasteiger partial charge in [0, 0.05) is 10.9 Å². The Balaban J connectivity index is 2.46. The van der Waals surface area contributed by atoms with Crippen LogP contribution in [-0.4, -0.2) is 5.11 Å². The zero-order valence-corrected chi connectivity index (χ0v) is 10.2. The first kappa shape index (κ1) is 11.7. The van der Waals surface area contributed by atoms with Gasteiger partial charge in [0.15, 0.2) is 0 Å². The van der Waals surface area contributed by atoms with Crippen molar-refractivity contribution in [2.45, 2.75) is 6.61 Å². The van der Waals surface area contributed by atoms with Crippen LogP contribution in [0.4, 0.5) is 0 Å². The van der Waals surface area contributed by atoms with Crippen LogP contribution in [0.15, 0.2) is 63.8 Å². The standard InChI is InChI=1S/C16H12O3/c17-10-14-15(11-6-2-1-3-7-11)12-8-4-5-9-13(12)16(18)19-14/h1-9,17H,10H2. The van der Waals surface area contributed by atoms with Gasteiger partial charge in [0.05, 0.1) is 5.39 Å². The smallest absolute Gasteiger partial charge is 0.343 e. The van der Waals surface area contributed by atoms with Gasteiger partial charge in [-0.2, -0.15) is 0 Å². The number of benzene rings is 2. The van der Waals surface area contributed by atoms with Gasteiger partial charge in [-0.1, -0.05) is 48.5 Å². The largest absolute Gasteiger partial charge is 0.424 e. The van der Waals surface area contributed by atoms with E-state index in [1.165, 1.54) is 0 Å². The molecule has 3 heteroatoms. The molecule has 0 aliphatic heterocycles. The first-order chi connectivity index (χ1) is 9.31. The maximum Gasteiger partial charge on any atom is 0.343 e. The summed E-state index contributed by atoms with van der Waals surface area (Å²) >= 11 is 0. The quantitative estimate of drug-likeness (QED) is 0.762. The van der Waals surface area contributed by atoms with E-state index in [-0.39, 0.29) is 6.61 Å². The van der Waals surface area contributed by atoms with Crippen LogP contribution in [-0.2, 0) is 6.61 Å². The number of fused-ring (bicyclic) bond motifs is 1. The van der Waals surface area contributed by atoms with Crippen molar-refractivity contribution in [3.8, 4) is 11.1 Å². The molecule has 3 rings (SSSR count). The molecule has 1 N–H and O–H groups in total. The highest BCUT2D eigenvalue weighted by Crippen LogP contribution is 2.30. The Morgan fingerprint density at radius 1 is 0.895 bits per heavy atom. The lowest BCUT2D eigenvalue weighted by atomic mass is 9.99. The molecule has 0 aliphatic rings. The van der Waals surface area contributed by atoms with Crippen molar-refractivity contribution in [1.29, 1.82) is 0 Å². The van der Waals surface area contributed by atoms with E-state index in [0.717, 1.165) is 16.5 Å². The molecule has 94 valence electrons. The predicted molar refractivity (Wildman–Crippen MR) is 73.8 cm³/mol. The van der Waals surface area contributed by atoms with Gasteiger partial charge in [0.2, 0.25) is 0 Å². The van der Waals surface area contributed by atoms with Gasteiger partial charge in [0.1, 0.15) is 12.4 Å². The zero-order chi connectivity index (χ0) is 13.2. The van der Waals surface area contributed by atoms with Gasteiger partial charge >= 0.3 is 5.63 Å². The summed E-state index contributed by atoms with van der Waals surface area (Å²) in [4.78, 5) is 11.9. The van der Waals surface area contributed by atoms with Crippen LogP contribution in [0.1, 0.15) is 5.76 Å². The molecule has 3 aromatic rings. The summed E-state index contributed by atoms with van der Waals surface area (Å²) in [6.07, 6.45) is 0. The topological polar surface area (TPSA) is 50.4 Å². The SMILES string of the molecule is O=c1oc(CO)c(-c2ccccc2)c2ccccc12. The molecule has 0 radical (unpaired) electrons. The summed E-state index contributed by atoms with van der Waals surface area (Å²) in [5, 5.41) is 10.8. The Kier molecular flexibility index (Phi) is 2.89. The maximum atomic E-state index is 11.9. The van der Waals surface area contributed by atoms with Crippen molar-refractivity contribution in [3.63, 3.8) is 0 Å². The molecular formula is C16H12O3. The lowest BCUT2D eigenvalue weighted by Gasteiger charge is -2.09. The number of aliphatic hydroxyl groups is 1. The highest BCUT2D eigenvalue weighted by Gasteiger charge is 2.14. The molecule has 19 heavy (non-hydrogen) atoms. The Morgan fingerprint density at radius 2 is 1.53 bits per heavy atom. The average molecular weight is 252 g/mol. The lowest BCUT2D eigenvalue weighted by molar-refractivity contribution is 0.242. The van der Waals surface area contributed by atoms with Crippen molar-refractivity contribution < 1.29 is 9.52 Å². The second-order valence-electron chi connectivity index (χ2n) is 4.26. The summed E-state index contributed by atoms with van der Waals surface area (Å²) in [6, 6.07) is 16.9. The molecule has 0 atom stereocenters. The van der Waals surface area contributed by atoms with Crippen LogP contribution in [0.3, 0.4) is 0 Å². The average Bonchev–Trinajstić information content (AvgIpc) is 2.48. The molecule has 0 bridgehead atoms. The molecule has 0 amide bonds. The molecule has 1 heterocycles. The Bertz CT molecular complexity index is 773. The van der Waals surface area contributed by atoms with E-state index in [4.69, 9.17) is 4.42 Å². The van der Waals surface area contributed by atoms with E-state index in [1.54, 1.807) is 12.1 Å². The molecule has 0 fully saturated rings. The monoisotopic (exact) mass is 252 g/mol. The van der Waals surface area contributed by atoms with Gasteiger partial charge < -0.3 is 9.52 Å². The minimum atomic E-state index is -0.417. The maximum absolute atomic E-state index is 11.9. The third-order valence-electron chi connectivity index (χ3n) is 3.12. The van der Waals surface area contributed by atoms with E-state index in [9.17, 15) is 9.90 Å². The fraction of sp³-hybridized carbons (Fsp3) is 0.0625. The van der Waals surface area contributed by atoms with Crippen molar-refractivity contribution in [3.05, 3.63) is 70.8 Å². The van der Waals surface area contributed by atoms with Crippen molar-refractivity contribution >= 4 is 10.8 Å².